The molecule has 4 rings (SSSR count). The minimum atomic E-state index is -0.492. The summed E-state index contributed by atoms with van der Waals surface area (Å²) < 4.78 is 0. The van der Waals surface area contributed by atoms with Crippen molar-refractivity contribution >= 4 is 46.3 Å². The number of carbonyl (C=O) groups excluding carboxylic acids is 2. The van der Waals surface area contributed by atoms with Crippen LogP contribution >= 0.6 is 23.2 Å². The van der Waals surface area contributed by atoms with Gasteiger partial charge in [-0.15, -0.1) is 0 Å². The molecule has 1 aliphatic carbocycles. The molecule has 1 unspecified atom stereocenters. The van der Waals surface area contributed by atoms with Crippen molar-refractivity contribution in [3.8, 4) is 0 Å². The molecule has 0 fully saturated rings. The lowest BCUT2D eigenvalue weighted by Gasteiger charge is -2.38. The van der Waals surface area contributed by atoms with Crippen molar-refractivity contribution < 1.29 is 14.5 Å². The molecule has 0 bridgehead atoms. The number of Topliss-reactive ketones (excluding diaryl/α,β-unsaturated/α-hetero) is 1. The molecule has 1 amide bonds. The van der Waals surface area contributed by atoms with Gasteiger partial charge in [0.25, 0.3) is 5.69 Å². The maximum Gasteiger partial charge on any atom is 0.269 e. The van der Waals surface area contributed by atoms with E-state index < -0.39 is 10.8 Å². The summed E-state index contributed by atoms with van der Waals surface area (Å²) in [5.74, 6) is -0.647. The Bertz CT molecular complexity index is 1060. The first kappa shape index (κ1) is 19.6. The van der Waals surface area contributed by atoms with Gasteiger partial charge < -0.3 is 0 Å². The summed E-state index contributed by atoms with van der Waals surface area (Å²) in [5, 5.41) is 11.7. The van der Waals surface area contributed by atoms with E-state index in [1.54, 1.807) is 18.2 Å². The van der Waals surface area contributed by atoms with Crippen LogP contribution in [0.15, 0.2) is 53.7 Å². The molecule has 2 aromatic rings. The Morgan fingerprint density at radius 1 is 1.03 bits per heavy atom. The molecule has 2 aliphatic rings. The van der Waals surface area contributed by atoms with E-state index in [1.807, 2.05) is 0 Å². The first-order chi connectivity index (χ1) is 13.9. The van der Waals surface area contributed by atoms with Gasteiger partial charge in [-0.3, -0.25) is 24.6 Å². The molecule has 0 aromatic heterocycles. The number of hydrogen-bond acceptors (Lipinski definition) is 4. The number of nitrogens with zero attached hydrogens (tertiary/aromatic N) is 2. The molecule has 29 heavy (non-hydrogen) atoms. The van der Waals surface area contributed by atoms with Gasteiger partial charge in [-0.1, -0.05) is 35.3 Å². The zero-order valence-electron chi connectivity index (χ0n) is 15.2. The summed E-state index contributed by atoms with van der Waals surface area (Å²) in [4.78, 5) is 38.0. The van der Waals surface area contributed by atoms with E-state index in [4.69, 9.17) is 23.2 Å². The first-order valence-electron chi connectivity index (χ1n) is 9.16. The van der Waals surface area contributed by atoms with Crippen molar-refractivity contribution in [1.29, 1.82) is 0 Å². The van der Waals surface area contributed by atoms with Crippen LogP contribution in [-0.4, -0.2) is 16.6 Å². The average Bonchev–Trinajstić information content (AvgIpc) is 2.70. The Kier molecular flexibility index (Phi) is 5.15. The standard InChI is InChI=1S/C21H16Cl2N2O4/c22-16-4-1-3-14(21(16)23)15-11-19(27)24(17-5-2-6-18(26)20(15)17)12-7-9-13(10-8-12)25(28)29/h1,3-4,7-10,15H,2,5-6,11H2. The molecule has 1 aliphatic heterocycles. The molecule has 0 saturated heterocycles. The third kappa shape index (κ3) is 3.43. The lowest BCUT2D eigenvalue weighted by Crippen LogP contribution is -2.40. The Morgan fingerprint density at radius 3 is 2.45 bits per heavy atom. The van der Waals surface area contributed by atoms with Crippen molar-refractivity contribution in [2.45, 2.75) is 31.6 Å². The fourth-order valence-corrected chi connectivity index (χ4v) is 4.51. The number of carbonyl (C=O) groups is 2. The normalized spacial score (nSPS) is 19.4. The Hall–Kier alpha value is -2.70. The van der Waals surface area contributed by atoms with Crippen molar-refractivity contribution in [3.05, 3.63) is 79.5 Å². The summed E-state index contributed by atoms with van der Waals surface area (Å²) in [6.45, 7) is 0. The Balaban J connectivity index is 1.85. The van der Waals surface area contributed by atoms with E-state index in [-0.39, 0.29) is 23.8 Å². The number of hydrogen-bond donors (Lipinski definition) is 0. The average molecular weight is 431 g/mol. The molecular weight excluding hydrogens is 415 g/mol. The van der Waals surface area contributed by atoms with Gasteiger partial charge in [-0.05, 0) is 36.6 Å². The van der Waals surface area contributed by atoms with Gasteiger partial charge in [0.15, 0.2) is 5.78 Å². The second kappa shape index (κ2) is 7.61. The lowest BCUT2D eigenvalue weighted by atomic mass is 9.77. The molecule has 0 saturated carbocycles. The second-order valence-corrected chi connectivity index (χ2v) is 7.82. The van der Waals surface area contributed by atoms with E-state index in [9.17, 15) is 19.7 Å². The number of non-ortho nitro benzene ring substituents is 1. The van der Waals surface area contributed by atoms with E-state index in [2.05, 4.69) is 0 Å². The predicted octanol–water partition coefficient (Wildman–Crippen LogP) is 5.43. The Labute approximate surface area is 176 Å². The summed E-state index contributed by atoms with van der Waals surface area (Å²) in [6.07, 6.45) is 1.69. The van der Waals surface area contributed by atoms with Crippen molar-refractivity contribution in [3.63, 3.8) is 0 Å². The lowest BCUT2D eigenvalue weighted by molar-refractivity contribution is -0.384. The predicted molar refractivity (Wildman–Crippen MR) is 110 cm³/mol. The molecule has 1 atom stereocenters. The van der Waals surface area contributed by atoms with Crippen LogP contribution < -0.4 is 4.90 Å². The smallest absolute Gasteiger partial charge is 0.269 e. The van der Waals surface area contributed by atoms with Crippen LogP contribution in [0.4, 0.5) is 11.4 Å². The highest BCUT2D eigenvalue weighted by Gasteiger charge is 2.40. The molecule has 1 heterocycles. The molecule has 2 aromatic carbocycles. The summed E-state index contributed by atoms with van der Waals surface area (Å²) in [5.41, 5.74) is 2.35. The molecule has 0 radical (unpaired) electrons. The molecule has 6 nitrogen and oxygen atoms in total. The molecule has 0 N–H and O–H groups in total. The van der Waals surface area contributed by atoms with Crippen molar-refractivity contribution in [1.82, 2.24) is 0 Å². The zero-order chi connectivity index (χ0) is 20.7. The van der Waals surface area contributed by atoms with Crippen LogP contribution in [0.3, 0.4) is 0 Å². The molecule has 0 spiro atoms. The van der Waals surface area contributed by atoms with Gasteiger partial charge in [-0.25, -0.2) is 0 Å². The van der Waals surface area contributed by atoms with E-state index >= 15 is 0 Å². The summed E-state index contributed by atoms with van der Waals surface area (Å²) in [7, 11) is 0. The van der Waals surface area contributed by atoms with Crippen molar-refractivity contribution in [2.75, 3.05) is 4.90 Å². The van der Waals surface area contributed by atoms with Gasteiger partial charge in [-0.2, -0.15) is 0 Å². The maximum absolute atomic E-state index is 13.1. The highest BCUT2D eigenvalue weighted by molar-refractivity contribution is 6.42. The van der Waals surface area contributed by atoms with Crippen LogP contribution in [0.25, 0.3) is 0 Å². The van der Waals surface area contributed by atoms with Crippen LogP contribution in [0.2, 0.25) is 10.0 Å². The first-order valence-corrected chi connectivity index (χ1v) is 9.91. The fourth-order valence-electron chi connectivity index (χ4n) is 4.07. The molecule has 8 heteroatoms. The fraction of sp³-hybridized carbons (Fsp3) is 0.238. The number of benzene rings is 2. The Morgan fingerprint density at radius 2 is 1.76 bits per heavy atom. The van der Waals surface area contributed by atoms with Gasteiger partial charge >= 0.3 is 0 Å². The second-order valence-electron chi connectivity index (χ2n) is 7.04. The number of rotatable bonds is 3. The van der Waals surface area contributed by atoms with Gasteiger partial charge in [0.1, 0.15) is 0 Å². The van der Waals surface area contributed by atoms with Crippen molar-refractivity contribution in [2.24, 2.45) is 0 Å². The third-order valence-electron chi connectivity index (χ3n) is 5.35. The van der Waals surface area contributed by atoms with E-state index in [1.165, 1.54) is 29.2 Å². The van der Waals surface area contributed by atoms with Gasteiger partial charge in [0, 0.05) is 47.8 Å². The maximum atomic E-state index is 13.1. The van der Waals surface area contributed by atoms with Crippen LogP contribution in [0.1, 0.15) is 37.2 Å². The van der Waals surface area contributed by atoms with Gasteiger partial charge in [0.05, 0.1) is 15.0 Å². The SMILES string of the molecule is O=C1CCCC2=C1C(c1cccc(Cl)c1Cl)CC(=O)N2c1ccc([N+](=O)[O-])cc1. The third-order valence-corrected chi connectivity index (χ3v) is 6.18. The number of halogens is 2. The summed E-state index contributed by atoms with van der Waals surface area (Å²) in [6, 6.07) is 11.0. The minimum absolute atomic E-state index is 0.00768. The number of nitro benzene ring substituents is 1. The molecule has 148 valence electrons. The number of anilines is 1. The molecular formula is C21H16Cl2N2O4. The number of allylic oxidation sites excluding steroid dienone is 2. The minimum Gasteiger partial charge on any atom is -0.294 e. The summed E-state index contributed by atoms with van der Waals surface area (Å²) >= 11 is 12.6. The van der Waals surface area contributed by atoms with Crippen LogP contribution in [0, 0.1) is 10.1 Å². The van der Waals surface area contributed by atoms with Gasteiger partial charge in [0.2, 0.25) is 5.91 Å². The van der Waals surface area contributed by atoms with E-state index in [0.29, 0.717) is 51.8 Å². The largest absolute Gasteiger partial charge is 0.294 e. The quantitative estimate of drug-likeness (QED) is 0.480. The monoisotopic (exact) mass is 430 g/mol. The highest BCUT2D eigenvalue weighted by Crippen LogP contribution is 2.46. The highest BCUT2D eigenvalue weighted by atomic mass is 35.5. The van der Waals surface area contributed by atoms with Crippen LogP contribution in [-0.2, 0) is 9.59 Å². The number of amides is 1. The number of nitro groups is 1. The zero-order valence-corrected chi connectivity index (χ0v) is 16.7. The van der Waals surface area contributed by atoms with Crippen LogP contribution in [0.5, 0.6) is 0 Å². The number of ketones is 1. The topological polar surface area (TPSA) is 80.5 Å². The van der Waals surface area contributed by atoms with E-state index in [0.717, 1.165) is 0 Å².